The number of rotatable bonds is 8. The fourth-order valence-corrected chi connectivity index (χ4v) is 3.11. The van der Waals surface area contributed by atoms with Crippen LogP contribution in [-0.2, 0) is 16.6 Å². The molecule has 6 heteroatoms. The number of anilines is 1. The molecular weight excluding hydrogens is 284 g/mol. The third kappa shape index (κ3) is 6.27. The lowest BCUT2D eigenvalue weighted by Crippen LogP contribution is -2.19. The fraction of sp³-hybridized carbons (Fsp3) is 0.538. The van der Waals surface area contributed by atoms with Crippen molar-refractivity contribution in [3.63, 3.8) is 0 Å². The van der Waals surface area contributed by atoms with Crippen LogP contribution >= 0.6 is 11.6 Å². The van der Waals surface area contributed by atoms with Crippen LogP contribution in [0.2, 0.25) is 0 Å². The van der Waals surface area contributed by atoms with Gasteiger partial charge in [0.15, 0.2) is 0 Å². The molecule has 0 aliphatic heterocycles. The van der Waals surface area contributed by atoms with E-state index in [1.165, 1.54) is 0 Å². The topological polar surface area (TPSA) is 49.4 Å². The number of hydrogen-bond acceptors (Lipinski definition) is 3. The average molecular weight is 305 g/mol. The molecular formula is C13H21ClN2O2S. The van der Waals surface area contributed by atoms with Crippen molar-refractivity contribution < 1.29 is 8.42 Å². The Kier molecular flexibility index (Phi) is 6.62. The molecule has 1 rings (SSSR count). The minimum Gasteiger partial charge on any atom is -0.305 e. The van der Waals surface area contributed by atoms with Crippen LogP contribution in [-0.4, -0.2) is 39.0 Å². The van der Waals surface area contributed by atoms with E-state index in [9.17, 15) is 8.42 Å². The highest BCUT2D eigenvalue weighted by atomic mass is 35.5. The molecule has 0 spiro atoms. The summed E-state index contributed by atoms with van der Waals surface area (Å²) in [6.45, 7) is 0.695. The zero-order valence-electron chi connectivity index (χ0n) is 11.4. The second-order valence-corrected chi connectivity index (χ2v) is 6.93. The van der Waals surface area contributed by atoms with E-state index in [1.54, 1.807) is 6.07 Å². The maximum atomic E-state index is 11.9. The monoisotopic (exact) mass is 304 g/mol. The van der Waals surface area contributed by atoms with Gasteiger partial charge in [-0.25, -0.2) is 8.42 Å². The Balaban J connectivity index is 2.75. The molecule has 4 nitrogen and oxygen atoms in total. The molecule has 0 unspecified atom stereocenters. The standard InChI is InChI=1S/C13H21ClN2O2S/c1-16(2)11-12-7-3-4-8-13(12)15-19(17,18)10-6-5-9-14/h3-4,7-8,15H,5-6,9-11H2,1-2H3. The first kappa shape index (κ1) is 16.3. The molecule has 0 bridgehead atoms. The average Bonchev–Trinajstić information content (AvgIpc) is 2.31. The van der Waals surface area contributed by atoms with E-state index in [-0.39, 0.29) is 5.75 Å². The van der Waals surface area contributed by atoms with Crippen molar-refractivity contribution in [1.29, 1.82) is 0 Å². The number of unbranched alkanes of at least 4 members (excludes halogenated alkanes) is 1. The number of benzene rings is 1. The molecule has 0 radical (unpaired) electrons. The molecule has 1 aromatic carbocycles. The Bertz CT molecular complexity index is 489. The normalized spacial score (nSPS) is 11.8. The number of nitrogens with one attached hydrogen (secondary N) is 1. The smallest absolute Gasteiger partial charge is 0.232 e. The van der Waals surface area contributed by atoms with Crippen molar-refractivity contribution >= 4 is 27.3 Å². The quantitative estimate of drug-likeness (QED) is 0.593. The van der Waals surface area contributed by atoms with Gasteiger partial charge in [-0.05, 0) is 38.6 Å². The van der Waals surface area contributed by atoms with E-state index >= 15 is 0 Å². The Labute approximate surface area is 120 Å². The molecule has 0 saturated heterocycles. The predicted octanol–water partition coefficient (Wildman–Crippen LogP) is 2.51. The molecule has 0 saturated carbocycles. The molecule has 108 valence electrons. The van der Waals surface area contributed by atoms with Crippen LogP contribution in [0.3, 0.4) is 0 Å². The molecule has 0 heterocycles. The number of hydrogen-bond donors (Lipinski definition) is 1. The van der Waals surface area contributed by atoms with Crippen molar-refractivity contribution in [2.75, 3.05) is 30.5 Å². The van der Waals surface area contributed by atoms with Crippen molar-refractivity contribution in [3.8, 4) is 0 Å². The highest BCUT2D eigenvalue weighted by Crippen LogP contribution is 2.18. The largest absolute Gasteiger partial charge is 0.305 e. The Morgan fingerprint density at radius 1 is 1.21 bits per heavy atom. The fourth-order valence-electron chi connectivity index (χ4n) is 1.70. The molecule has 1 aromatic rings. The second-order valence-electron chi connectivity index (χ2n) is 4.71. The number of sulfonamides is 1. The minimum atomic E-state index is -3.29. The summed E-state index contributed by atoms with van der Waals surface area (Å²) in [4.78, 5) is 2.00. The van der Waals surface area contributed by atoms with Gasteiger partial charge in [0.25, 0.3) is 0 Å². The zero-order valence-corrected chi connectivity index (χ0v) is 13.0. The summed E-state index contributed by atoms with van der Waals surface area (Å²) in [6, 6.07) is 7.45. The van der Waals surface area contributed by atoms with E-state index in [4.69, 9.17) is 11.6 Å². The van der Waals surface area contributed by atoms with Gasteiger partial charge in [0.2, 0.25) is 10.0 Å². The Hall–Kier alpha value is -0.780. The Morgan fingerprint density at radius 2 is 1.89 bits per heavy atom. The molecule has 1 N–H and O–H groups in total. The van der Waals surface area contributed by atoms with E-state index < -0.39 is 10.0 Å². The lowest BCUT2D eigenvalue weighted by Gasteiger charge is -2.15. The first-order valence-electron chi connectivity index (χ1n) is 6.23. The van der Waals surface area contributed by atoms with Crippen molar-refractivity contribution in [2.45, 2.75) is 19.4 Å². The zero-order chi connectivity index (χ0) is 14.3. The number of para-hydroxylation sites is 1. The SMILES string of the molecule is CN(C)Cc1ccccc1NS(=O)(=O)CCCCCl. The van der Waals surface area contributed by atoms with Gasteiger partial charge in [0.05, 0.1) is 11.4 Å². The van der Waals surface area contributed by atoms with Gasteiger partial charge in [-0.3, -0.25) is 4.72 Å². The number of halogens is 1. The lowest BCUT2D eigenvalue weighted by molar-refractivity contribution is 0.403. The highest BCUT2D eigenvalue weighted by Gasteiger charge is 2.12. The summed E-state index contributed by atoms with van der Waals surface area (Å²) < 4.78 is 26.5. The third-order valence-corrected chi connectivity index (χ3v) is 4.19. The molecule has 0 amide bonds. The maximum absolute atomic E-state index is 11.9. The van der Waals surface area contributed by atoms with Crippen molar-refractivity contribution in [3.05, 3.63) is 29.8 Å². The van der Waals surface area contributed by atoms with Crippen LogP contribution in [0.15, 0.2) is 24.3 Å². The van der Waals surface area contributed by atoms with Crippen LogP contribution in [0.4, 0.5) is 5.69 Å². The Morgan fingerprint density at radius 3 is 2.53 bits per heavy atom. The first-order chi connectivity index (χ1) is 8.94. The molecule has 0 aliphatic carbocycles. The van der Waals surface area contributed by atoms with Gasteiger partial charge in [-0.15, -0.1) is 11.6 Å². The molecule has 0 atom stereocenters. The van der Waals surface area contributed by atoms with Gasteiger partial charge in [0.1, 0.15) is 0 Å². The van der Waals surface area contributed by atoms with Gasteiger partial charge in [0, 0.05) is 12.4 Å². The number of alkyl halides is 1. The van der Waals surface area contributed by atoms with Crippen molar-refractivity contribution in [2.24, 2.45) is 0 Å². The molecule has 0 aliphatic rings. The summed E-state index contributed by atoms with van der Waals surface area (Å²) >= 11 is 5.55. The van der Waals surface area contributed by atoms with Gasteiger partial charge in [-0.2, -0.15) is 0 Å². The summed E-state index contributed by atoms with van der Waals surface area (Å²) in [5.41, 5.74) is 1.62. The van der Waals surface area contributed by atoms with Crippen LogP contribution in [0.5, 0.6) is 0 Å². The number of nitrogens with zero attached hydrogens (tertiary/aromatic N) is 1. The summed E-state index contributed by atoms with van der Waals surface area (Å²) in [5.74, 6) is 0.600. The van der Waals surface area contributed by atoms with Gasteiger partial charge < -0.3 is 4.90 Å². The third-order valence-electron chi connectivity index (χ3n) is 2.57. The van der Waals surface area contributed by atoms with Gasteiger partial charge >= 0.3 is 0 Å². The van der Waals surface area contributed by atoms with E-state index in [2.05, 4.69) is 4.72 Å². The maximum Gasteiger partial charge on any atom is 0.232 e. The van der Waals surface area contributed by atoms with Crippen LogP contribution < -0.4 is 4.72 Å². The molecule has 0 aromatic heterocycles. The van der Waals surface area contributed by atoms with Crippen LogP contribution in [0, 0.1) is 0 Å². The highest BCUT2D eigenvalue weighted by molar-refractivity contribution is 7.92. The minimum absolute atomic E-state index is 0.107. The van der Waals surface area contributed by atoms with E-state index in [1.807, 2.05) is 37.2 Å². The molecule has 0 fully saturated rings. The second kappa shape index (κ2) is 7.72. The summed E-state index contributed by atoms with van der Waals surface area (Å²) in [5, 5.41) is 0. The summed E-state index contributed by atoms with van der Waals surface area (Å²) in [7, 11) is 0.608. The van der Waals surface area contributed by atoms with E-state index in [0.717, 1.165) is 5.56 Å². The van der Waals surface area contributed by atoms with Crippen LogP contribution in [0.1, 0.15) is 18.4 Å². The first-order valence-corrected chi connectivity index (χ1v) is 8.42. The van der Waals surface area contributed by atoms with E-state index in [0.29, 0.717) is 31.0 Å². The lowest BCUT2D eigenvalue weighted by atomic mass is 10.2. The molecule has 19 heavy (non-hydrogen) atoms. The van der Waals surface area contributed by atoms with Crippen LogP contribution in [0.25, 0.3) is 0 Å². The summed E-state index contributed by atoms with van der Waals surface area (Å²) in [6.07, 6.45) is 1.29. The van der Waals surface area contributed by atoms with Gasteiger partial charge in [-0.1, -0.05) is 18.2 Å². The predicted molar refractivity (Wildman–Crippen MR) is 81.2 cm³/mol. The van der Waals surface area contributed by atoms with Crippen molar-refractivity contribution in [1.82, 2.24) is 4.90 Å².